The van der Waals surface area contributed by atoms with Crippen molar-refractivity contribution in [2.45, 2.75) is 69.6 Å². The maximum absolute atomic E-state index is 13.0. The van der Waals surface area contributed by atoms with Crippen molar-refractivity contribution in [3.8, 4) is 0 Å². The smallest absolute Gasteiger partial charge is 0.350 e. The zero-order valence-corrected chi connectivity index (χ0v) is 19.1. The van der Waals surface area contributed by atoms with Crippen LogP contribution in [0.25, 0.3) is 0 Å². The van der Waals surface area contributed by atoms with Gasteiger partial charge in [-0.1, -0.05) is 57.2 Å². The summed E-state index contributed by atoms with van der Waals surface area (Å²) in [7, 11) is -4.04. The van der Waals surface area contributed by atoms with E-state index in [2.05, 4.69) is 6.92 Å². The standard InChI is InChI=1S/C24H33NO5S/c1-2-3-4-5-6-12-20-30-24(27)22(31(28,29)21-14-8-7-9-15-21)16-13-19-25-18-11-10-17-23(25)26/h7-9,13-16,19H,2-6,10-12,17-18,20H2,1H3/b19-13+,22-16-. The van der Waals surface area contributed by atoms with Crippen LogP contribution in [0.15, 0.2) is 58.5 Å². The molecule has 0 N–H and O–H groups in total. The van der Waals surface area contributed by atoms with Gasteiger partial charge in [0, 0.05) is 19.2 Å². The van der Waals surface area contributed by atoms with Crippen molar-refractivity contribution in [1.82, 2.24) is 4.90 Å². The normalized spacial score (nSPS) is 15.5. The van der Waals surface area contributed by atoms with Crippen molar-refractivity contribution < 1.29 is 22.7 Å². The van der Waals surface area contributed by atoms with Crippen LogP contribution < -0.4 is 0 Å². The minimum atomic E-state index is -4.04. The molecule has 1 fully saturated rings. The number of benzene rings is 1. The van der Waals surface area contributed by atoms with E-state index >= 15 is 0 Å². The molecule has 0 spiro atoms. The summed E-state index contributed by atoms with van der Waals surface area (Å²) >= 11 is 0. The molecule has 1 amide bonds. The average molecular weight is 448 g/mol. The van der Waals surface area contributed by atoms with Gasteiger partial charge in [0.2, 0.25) is 15.7 Å². The number of hydrogen-bond acceptors (Lipinski definition) is 5. The summed E-state index contributed by atoms with van der Waals surface area (Å²) in [6.45, 7) is 2.92. The molecule has 0 unspecified atom stereocenters. The summed E-state index contributed by atoms with van der Waals surface area (Å²) in [5.41, 5.74) is 0. The molecule has 170 valence electrons. The Labute approximate surface area is 185 Å². The van der Waals surface area contributed by atoms with E-state index in [4.69, 9.17) is 4.74 Å². The SMILES string of the molecule is CCCCCCCCOC(=O)/C(=C/C=C/N1CCCCC1=O)S(=O)(=O)c1ccccc1. The topological polar surface area (TPSA) is 80.8 Å². The molecule has 6 nitrogen and oxygen atoms in total. The lowest BCUT2D eigenvalue weighted by Crippen LogP contribution is -2.30. The number of carbonyl (C=O) groups is 2. The van der Waals surface area contributed by atoms with E-state index in [1.54, 1.807) is 23.1 Å². The Kier molecular flexibility index (Phi) is 10.5. The van der Waals surface area contributed by atoms with Crippen molar-refractivity contribution in [2.75, 3.05) is 13.2 Å². The number of piperidine rings is 1. The summed E-state index contributed by atoms with van der Waals surface area (Å²) in [4.78, 5) is 25.7. The maximum Gasteiger partial charge on any atom is 0.350 e. The number of esters is 1. The van der Waals surface area contributed by atoms with E-state index in [1.165, 1.54) is 36.9 Å². The van der Waals surface area contributed by atoms with Crippen LogP contribution in [0.1, 0.15) is 64.7 Å². The third kappa shape index (κ3) is 7.98. The predicted octanol–water partition coefficient (Wildman–Crippen LogP) is 4.77. The van der Waals surface area contributed by atoms with Crippen LogP contribution in [0.4, 0.5) is 0 Å². The molecule has 1 aliphatic heterocycles. The number of likely N-dealkylation sites (tertiary alicyclic amines) is 1. The zero-order chi connectivity index (χ0) is 22.5. The number of allylic oxidation sites excluding steroid dienone is 2. The van der Waals surface area contributed by atoms with E-state index < -0.39 is 20.7 Å². The largest absolute Gasteiger partial charge is 0.462 e. The van der Waals surface area contributed by atoms with Crippen LogP contribution in [-0.4, -0.2) is 38.3 Å². The van der Waals surface area contributed by atoms with Crippen molar-refractivity contribution in [3.05, 3.63) is 53.6 Å². The van der Waals surface area contributed by atoms with E-state index in [0.717, 1.165) is 38.5 Å². The molecule has 1 heterocycles. The molecule has 0 atom stereocenters. The second-order valence-electron chi connectivity index (χ2n) is 7.64. The van der Waals surface area contributed by atoms with Gasteiger partial charge in [0.05, 0.1) is 11.5 Å². The first-order chi connectivity index (χ1) is 15.0. The summed E-state index contributed by atoms with van der Waals surface area (Å²) in [5.74, 6) is -0.874. The fourth-order valence-corrected chi connectivity index (χ4v) is 4.64. The van der Waals surface area contributed by atoms with Gasteiger partial charge < -0.3 is 9.64 Å². The van der Waals surface area contributed by atoms with E-state index in [-0.39, 0.29) is 17.4 Å². The van der Waals surface area contributed by atoms with E-state index in [1.807, 2.05) is 0 Å². The molecule has 7 heteroatoms. The van der Waals surface area contributed by atoms with Gasteiger partial charge in [0.1, 0.15) is 0 Å². The minimum absolute atomic E-state index is 0.00554. The first kappa shape index (κ1) is 24.9. The highest BCUT2D eigenvalue weighted by Gasteiger charge is 2.28. The summed E-state index contributed by atoms with van der Waals surface area (Å²) < 4.78 is 31.4. The number of amides is 1. The third-order valence-electron chi connectivity index (χ3n) is 5.15. The van der Waals surface area contributed by atoms with Crippen molar-refractivity contribution in [1.29, 1.82) is 0 Å². The second-order valence-corrected chi connectivity index (χ2v) is 9.55. The lowest BCUT2D eigenvalue weighted by Gasteiger charge is -2.22. The number of rotatable bonds is 12. The Morgan fingerprint density at radius 2 is 1.77 bits per heavy atom. The zero-order valence-electron chi connectivity index (χ0n) is 18.3. The Hall–Kier alpha value is -2.41. The molecular weight excluding hydrogens is 414 g/mol. The Morgan fingerprint density at radius 1 is 1.06 bits per heavy atom. The van der Waals surface area contributed by atoms with Crippen LogP contribution in [0.3, 0.4) is 0 Å². The summed E-state index contributed by atoms with van der Waals surface area (Å²) in [6, 6.07) is 7.81. The molecule has 0 aliphatic carbocycles. The molecule has 1 aromatic rings. The Morgan fingerprint density at radius 3 is 2.48 bits per heavy atom. The molecule has 0 bridgehead atoms. The van der Waals surface area contributed by atoms with E-state index in [9.17, 15) is 18.0 Å². The van der Waals surface area contributed by atoms with Gasteiger partial charge in [0.25, 0.3) is 0 Å². The Balaban J connectivity index is 2.10. The van der Waals surface area contributed by atoms with E-state index in [0.29, 0.717) is 19.4 Å². The van der Waals surface area contributed by atoms with Crippen LogP contribution in [0.2, 0.25) is 0 Å². The number of ether oxygens (including phenoxy) is 1. The molecule has 0 aromatic heterocycles. The van der Waals surface area contributed by atoms with Gasteiger partial charge in [0.15, 0.2) is 4.91 Å². The van der Waals surface area contributed by atoms with Crippen LogP contribution in [-0.2, 0) is 24.2 Å². The summed E-state index contributed by atoms with van der Waals surface area (Å²) in [5, 5.41) is 0. The average Bonchev–Trinajstić information content (AvgIpc) is 2.77. The molecular formula is C24H33NO5S. The van der Waals surface area contributed by atoms with Crippen LogP contribution in [0, 0.1) is 0 Å². The van der Waals surface area contributed by atoms with Crippen LogP contribution >= 0.6 is 0 Å². The van der Waals surface area contributed by atoms with Gasteiger partial charge in [-0.25, -0.2) is 13.2 Å². The van der Waals surface area contributed by atoms with Gasteiger partial charge in [-0.3, -0.25) is 4.79 Å². The van der Waals surface area contributed by atoms with Crippen LogP contribution in [0.5, 0.6) is 0 Å². The monoisotopic (exact) mass is 447 g/mol. The second kappa shape index (κ2) is 13.1. The minimum Gasteiger partial charge on any atom is -0.462 e. The number of unbranched alkanes of at least 4 members (excludes halogenated alkanes) is 5. The fourth-order valence-electron chi connectivity index (χ4n) is 3.33. The highest BCUT2D eigenvalue weighted by molar-refractivity contribution is 7.96. The Bertz CT molecular complexity index is 874. The molecule has 0 saturated carbocycles. The fraction of sp³-hybridized carbons (Fsp3) is 0.500. The van der Waals surface area contributed by atoms with Crippen molar-refractivity contribution in [2.24, 2.45) is 0 Å². The molecule has 0 radical (unpaired) electrons. The summed E-state index contributed by atoms with van der Waals surface area (Å²) in [6.07, 6.45) is 12.6. The third-order valence-corrected chi connectivity index (χ3v) is 6.92. The first-order valence-corrected chi connectivity index (χ1v) is 12.6. The molecule has 2 rings (SSSR count). The van der Waals surface area contributed by atoms with Crippen molar-refractivity contribution >= 4 is 21.7 Å². The van der Waals surface area contributed by atoms with Gasteiger partial charge in [-0.05, 0) is 43.5 Å². The van der Waals surface area contributed by atoms with Gasteiger partial charge in [-0.2, -0.15) is 0 Å². The number of hydrogen-bond donors (Lipinski definition) is 0. The lowest BCUT2D eigenvalue weighted by atomic mass is 10.1. The highest BCUT2D eigenvalue weighted by atomic mass is 32.2. The predicted molar refractivity (Wildman–Crippen MR) is 121 cm³/mol. The molecule has 1 aliphatic rings. The highest BCUT2D eigenvalue weighted by Crippen LogP contribution is 2.21. The number of sulfone groups is 1. The quantitative estimate of drug-likeness (QED) is 0.199. The molecule has 1 saturated heterocycles. The molecule has 31 heavy (non-hydrogen) atoms. The number of carbonyl (C=O) groups excluding carboxylic acids is 2. The lowest BCUT2D eigenvalue weighted by molar-refractivity contribution is -0.138. The number of nitrogens with zero attached hydrogens (tertiary/aromatic N) is 1. The van der Waals surface area contributed by atoms with Crippen molar-refractivity contribution in [3.63, 3.8) is 0 Å². The van der Waals surface area contributed by atoms with Gasteiger partial charge >= 0.3 is 5.97 Å². The maximum atomic E-state index is 13.0. The van der Waals surface area contributed by atoms with Gasteiger partial charge in [-0.15, -0.1) is 0 Å². The molecule has 1 aromatic carbocycles. The first-order valence-electron chi connectivity index (χ1n) is 11.1.